The minimum absolute atomic E-state index is 0.295. The monoisotopic (exact) mass is 391 g/mol. The molecule has 0 saturated heterocycles. The van der Waals surface area contributed by atoms with Gasteiger partial charge in [-0.15, -0.1) is 0 Å². The Hall–Kier alpha value is -1.97. The Labute approximate surface area is 159 Å². The van der Waals surface area contributed by atoms with Crippen LogP contribution in [0.25, 0.3) is 0 Å². The molecule has 2 aliphatic heterocycles. The number of rotatable bonds is 5. The van der Waals surface area contributed by atoms with Gasteiger partial charge in [0.05, 0.1) is 10.9 Å². The number of benzene rings is 1. The Balaban J connectivity index is 1.60. The van der Waals surface area contributed by atoms with Gasteiger partial charge in [-0.25, -0.2) is 22.8 Å². The quantitative estimate of drug-likeness (QED) is 0.833. The number of nitrogens with one attached hydrogen (secondary N) is 1. The van der Waals surface area contributed by atoms with Crippen molar-refractivity contribution in [3.63, 3.8) is 0 Å². The Morgan fingerprint density at radius 2 is 2.15 bits per heavy atom. The van der Waals surface area contributed by atoms with Crippen molar-refractivity contribution in [2.24, 2.45) is 0 Å². The lowest BCUT2D eigenvalue weighted by atomic mass is 10.0. The minimum atomic E-state index is -3.65. The maximum atomic E-state index is 13.0. The molecule has 27 heavy (non-hydrogen) atoms. The predicted octanol–water partition coefficient (Wildman–Crippen LogP) is 1.62. The number of anilines is 1. The van der Waals surface area contributed by atoms with Crippen molar-refractivity contribution in [2.75, 3.05) is 25.6 Å². The lowest BCUT2D eigenvalue weighted by molar-refractivity contribution is 0.177. The number of ether oxygens (including phenoxy) is 1. The Morgan fingerprint density at radius 3 is 2.96 bits per heavy atom. The van der Waals surface area contributed by atoms with Crippen molar-refractivity contribution in [3.8, 4) is 0 Å². The molecule has 146 valence electrons. The van der Waals surface area contributed by atoms with E-state index in [2.05, 4.69) is 19.7 Å². The van der Waals surface area contributed by atoms with Crippen LogP contribution < -0.4 is 9.62 Å². The molecule has 4 rings (SSSR count). The Kier molecular flexibility index (Phi) is 4.92. The third kappa shape index (κ3) is 3.59. The second-order valence-electron chi connectivity index (χ2n) is 7.17. The zero-order chi connectivity index (χ0) is 19.0. The lowest BCUT2D eigenvalue weighted by Gasteiger charge is -2.28. The molecule has 2 aromatic rings. The van der Waals surface area contributed by atoms with Crippen LogP contribution >= 0.6 is 0 Å². The summed E-state index contributed by atoms with van der Waals surface area (Å²) in [5.74, 6) is 1.24. The number of hydrogen-bond donors (Lipinski definition) is 1. The van der Waals surface area contributed by atoms with E-state index in [0.29, 0.717) is 29.6 Å². The van der Waals surface area contributed by atoms with Crippen LogP contribution in [0, 0.1) is 0 Å². The minimum Gasteiger partial charge on any atom is -0.377 e. The number of sulfonamides is 1. The molecule has 0 amide bonds. The molecule has 1 unspecified atom stereocenters. The molecule has 1 N–H and O–H groups in total. The summed E-state index contributed by atoms with van der Waals surface area (Å²) in [6, 6.07) is 5.03. The van der Waals surface area contributed by atoms with Gasteiger partial charge in [-0.2, -0.15) is 5.10 Å². The van der Waals surface area contributed by atoms with E-state index in [0.717, 1.165) is 38.0 Å². The van der Waals surface area contributed by atoms with Crippen molar-refractivity contribution in [3.05, 3.63) is 35.4 Å². The molecule has 1 aromatic heterocycles. The fraction of sp³-hybridized carbons (Fsp3) is 0.556. The van der Waals surface area contributed by atoms with Crippen molar-refractivity contribution in [1.29, 1.82) is 0 Å². The number of nitrogens with zero attached hydrogens (tertiary/aromatic N) is 4. The molecule has 8 nitrogen and oxygen atoms in total. The summed E-state index contributed by atoms with van der Waals surface area (Å²) in [6.45, 7) is 2.00. The van der Waals surface area contributed by atoms with Gasteiger partial charge in [0.1, 0.15) is 12.4 Å². The van der Waals surface area contributed by atoms with E-state index in [1.165, 1.54) is 5.56 Å². The van der Waals surface area contributed by atoms with Crippen LogP contribution in [0.3, 0.4) is 0 Å². The third-order valence-electron chi connectivity index (χ3n) is 5.21. The van der Waals surface area contributed by atoms with Gasteiger partial charge < -0.3 is 9.64 Å². The van der Waals surface area contributed by atoms with Crippen molar-refractivity contribution < 1.29 is 13.2 Å². The van der Waals surface area contributed by atoms with Crippen LogP contribution in [-0.2, 0) is 34.3 Å². The van der Waals surface area contributed by atoms with Crippen LogP contribution in [0.2, 0.25) is 0 Å². The summed E-state index contributed by atoms with van der Waals surface area (Å²) < 4.78 is 35.8. The molecule has 0 bridgehead atoms. The first kappa shape index (κ1) is 18.4. The Morgan fingerprint density at radius 1 is 1.30 bits per heavy atom. The molecule has 2 aliphatic rings. The molecule has 1 aromatic carbocycles. The molecule has 0 saturated carbocycles. The third-order valence-corrected chi connectivity index (χ3v) is 6.68. The fourth-order valence-electron chi connectivity index (χ4n) is 3.86. The first-order valence-corrected chi connectivity index (χ1v) is 10.8. The summed E-state index contributed by atoms with van der Waals surface area (Å²) in [7, 11) is -0.0582. The highest BCUT2D eigenvalue weighted by molar-refractivity contribution is 7.89. The van der Waals surface area contributed by atoms with Crippen molar-refractivity contribution >= 4 is 15.7 Å². The fourth-order valence-corrected chi connectivity index (χ4v) is 5.11. The molecule has 9 heteroatoms. The van der Waals surface area contributed by atoms with Crippen LogP contribution in [0.4, 0.5) is 5.69 Å². The first-order valence-electron chi connectivity index (χ1n) is 9.27. The van der Waals surface area contributed by atoms with Crippen molar-refractivity contribution in [2.45, 2.75) is 49.8 Å². The summed E-state index contributed by atoms with van der Waals surface area (Å²) in [6.07, 6.45) is 3.63. The normalized spacial score (nSPS) is 19.6. The summed E-state index contributed by atoms with van der Waals surface area (Å²) in [4.78, 5) is 6.89. The van der Waals surface area contributed by atoms with Crippen LogP contribution in [0.1, 0.15) is 42.5 Å². The summed E-state index contributed by atoms with van der Waals surface area (Å²) in [5.41, 5.74) is 2.20. The zero-order valence-corrected chi connectivity index (χ0v) is 16.5. The topological polar surface area (TPSA) is 89.3 Å². The summed E-state index contributed by atoms with van der Waals surface area (Å²) >= 11 is 0. The van der Waals surface area contributed by atoms with Gasteiger partial charge in [-0.05, 0) is 43.4 Å². The number of aryl methyl sites for hydroxylation is 2. The van der Waals surface area contributed by atoms with E-state index in [9.17, 15) is 8.42 Å². The van der Waals surface area contributed by atoms with E-state index in [1.807, 2.05) is 13.1 Å². The van der Waals surface area contributed by atoms with E-state index in [-0.39, 0.29) is 6.04 Å². The largest absolute Gasteiger partial charge is 0.377 e. The van der Waals surface area contributed by atoms with Gasteiger partial charge in [-0.1, -0.05) is 6.07 Å². The highest BCUT2D eigenvalue weighted by atomic mass is 32.2. The van der Waals surface area contributed by atoms with E-state index in [1.54, 1.807) is 23.9 Å². The molecular formula is C18H25N5O3S. The molecule has 1 atom stereocenters. The maximum absolute atomic E-state index is 13.0. The molecule has 0 aliphatic carbocycles. The van der Waals surface area contributed by atoms with Crippen LogP contribution in [0.15, 0.2) is 23.1 Å². The van der Waals surface area contributed by atoms with Gasteiger partial charge in [-0.3, -0.25) is 0 Å². The maximum Gasteiger partial charge on any atom is 0.241 e. The second kappa shape index (κ2) is 7.21. The van der Waals surface area contributed by atoms with Gasteiger partial charge in [0.15, 0.2) is 5.82 Å². The van der Waals surface area contributed by atoms with Crippen LogP contribution in [-0.4, -0.2) is 43.9 Å². The number of fused-ring (bicyclic) bond motifs is 2. The SMILES string of the molecule is COCc1nc2n(n1)CCCC2NS(=O)(=O)c1ccc2c(c1)N(C)CCC2. The molecule has 3 heterocycles. The predicted molar refractivity (Wildman–Crippen MR) is 101 cm³/mol. The standard InChI is InChI=1S/C18H25N5O3S/c1-22-9-3-5-13-7-8-14(11-16(13)22)27(24,25)21-15-6-4-10-23-18(15)19-17(20-23)12-26-2/h7-8,11,15,21H,3-6,9-10,12H2,1-2H3. The number of methoxy groups -OCH3 is 1. The highest BCUT2D eigenvalue weighted by Crippen LogP contribution is 2.30. The number of hydrogen-bond acceptors (Lipinski definition) is 6. The average molecular weight is 391 g/mol. The van der Waals surface area contributed by atoms with Gasteiger partial charge in [0.25, 0.3) is 0 Å². The highest BCUT2D eigenvalue weighted by Gasteiger charge is 2.29. The van der Waals surface area contributed by atoms with Gasteiger partial charge in [0, 0.05) is 32.9 Å². The van der Waals surface area contributed by atoms with E-state index >= 15 is 0 Å². The van der Waals surface area contributed by atoms with Gasteiger partial charge in [0.2, 0.25) is 10.0 Å². The van der Waals surface area contributed by atoms with Gasteiger partial charge >= 0.3 is 0 Å². The first-order chi connectivity index (χ1) is 13.0. The van der Waals surface area contributed by atoms with E-state index < -0.39 is 10.0 Å². The zero-order valence-electron chi connectivity index (χ0n) is 15.7. The molecular weight excluding hydrogens is 366 g/mol. The Bertz CT molecular complexity index is 940. The lowest BCUT2D eigenvalue weighted by Crippen LogP contribution is -2.33. The summed E-state index contributed by atoms with van der Waals surface area (Å²) in [5, 5.41) is 4.40. The second-order valence-corrected chi connectivity index (χ2v) is 8.89. The van der Waals surface area contributed by atoms with Crippen LogP contribution in [0.5, 0.6) is 0 Å². The molecule has 0 radical (unpaired) electrons. The molecule has 0 spiro atoms. The smallest absolute Gasteiger partial charge is 0.241 e. The average Bonchev–Trinajstić information content (AvgIpc) is 3.06. The van der Waals surface area contributed by atoms with Crippen molar-refractivity contribution in [1.82, 2.24) is 19.5 Å². The molecule has 0 fully saturated rings. The van der Waals surface area contributed by atoms with E-state index in [4.69, 9.17) is 4.74 Å². The number of aromatic nitrogens is 3.